The van der Waals surface area contributed by atoms with E-state index in [4.69, 9.17) is 25.9 Å². The summed E-state index contributed by atoms with van der Waals surface area (Å²) in [6.07, 6.45) is 15.9. The topological polar surface area (TPSA) is 114 Å². The maximum atomic E-state index is 10.7. The molecule has 2 aliphatic carbocycles. The molecule has 15 heteroatoms. The van der Waals surface area contributed by atoms with Crippen LogP contribution in [-0.2, 0) is 39.4 Å². The minimum absolute atomic E-state index is 0.0833. The molecule has 152 valence electrons. The van der Waals surface area contributed by atoms with Gasteiger partial charge in [-0.15, -0.1) is 0 Å². The molecule has 0 aliphatic heterocycles. The maximum absolute atomic E-state index is 10.7. The van der Waals surface area contributed by atoms with Gasteiger partial charge in [-0.25, -0.2) is 16.8 Å². The van der Waals surface area contributed by atoms with Crippen molar-refractivity contribution in [3.63, 3.8) is 0 Å². The van der Waals surface area contributed by atoms with Gasteiger partial charge in [-0.1, -0.05) is 0 Å². The SMILES string of the molecule is C1=CC[C]([Ti+2][C]2=CC=CC2)=C1.O=S(=O)([O-])C(F)(F)F.O=S(=O)([O-])C(F)(F)F. The van der Waals surface area contributed by atoms with Crippen molar-refractivity contribution in [2.75, 3.05) is 0 Å². The quantitative estimate of drug-likeness (QED) is 0.262. The van der Waals surface area contributed by atoms with Crippen LogP contribution in [0.3, 0.4) is 0 Å². The Balaban J connectivity index is 0.000000387. The van der Waals surface area contributed by atoms with Gasteiger partial charge in [0.25, 0.3) is 0 Å². The number of rotatable bonds is 2. The molecule has 6 nitrogen and oxygen atoms in total. The number of halogens is 6. The fourth-order valence-corrected chi connectivity index (χ4v) is 3.18. The Morgan fingerprint density at radius 2 is 1.00 bits per heavy atom. The molecule has 0 saturated heterocycles. The first-order valence-electron chi connectivity index (χ1n) is 6.48. The van der Waals surface area contributed by atoms with E-state index in [1.807, 2.05) is 0 Å². The molecule has 0 heterocycles. The smallest absolute Gasteiger partial charge is 0.485 e. The largest absolute Gasteiger partial charge is 0.741 e. The van der Waals surface area contributed by atoms with Crippen molar-refractivity contribution in [1.29, 1.82) is 0 Å². The third kappa shape index (κ3) is 10.9. The zero-order chi connectivity index (χ0) is 21.5. The predicted molar refractivity (Wildman–Crippen MR) is 75.2 cm³/mol. The Hall–Kier alpha value is -0.926. The summed E-state index contributed by atoms with van der Waals surface area (Å²) in [7, 11) is -12.2. The van der Waals surface area contributed by atoms with Gasteiger partial charge >= 0.3 is 87.2 Å². The van der Waals surface area contributed by atoms with Crippen LogP contribution in [0.5, 0.6) is 0 Å². The fourth-order valence-electron chi connectivity index (χ4n) is 1.29. The molecule has 2 aliphatic rings. The van der Waals surface area contributed by atoms with Gasteiger partial charge in [-0.3, -0.25) is 0 Å². The molecular weight excluding hydrogens is 466 g/mol. The van der Waals surface area contributed by atoms with Crippen LogP contribution in [-0.4, -0.2) is 37.0 Å². The van der Waals surface area contributed by atoms with Crippen LogP contribution in [0.2, 0.25) is 0 Å². The molecule has 0 unspecified atom stereocenters. The minimum atomic E-state index is -6.09. The minimum Gasteiger partial charge on any atom is -0.741 e. The van der Waals surface area contributed by atoms with Gasteiger partial charge in [0.05, 0.1) is 0 Å². The van der Waals surface area contributed by atoms with E-state index in [1.165, 1.54) is 12.8 Å². The molecular formula is C12H10F6O6S2Ti. The van der Waals surface area contributed by atoms with Crippen LogP contribution < -0.4 is 0 Å². The van der Waals surface area contributed by atoms with E-state index in [0.717, 1.165) is 0 Å². The van der Waals surface area contributed by atoms with Crippen LogP contribution in [0.1, 0.15) is 12.8 Å². The van der Waals surface area contributed by atoms with E-state index in [-0.39, 0.29) is 19.2 Å². The van der Waals surface area contributed by atoms with Gasteiger partial charge in [0, 0.05) is 0 Å². The molecule has 0 saturated carbocycles. The second-order valence-corrected chi connectivity index (χ2v) is 9.71. The average Bonchev–Trinajstić information content (AvgIpc) is 3.09. The number of alkyl halides is 6. The van der Waals surface area contributed by atoms with Crippen molar-refractivity contribution < 1.29 is 71.4 Å². The molecule has 0 amide bonds. The molecule has 0 spiro atoms. The summed E-state index contributed by atoms with van der Waals surface area (Å²) in [6, 6.07) is 0. The zero-order valence-electron chi connectivity index (χ0n) is 12.9. The fraction of sp³-hybridized carbons (Fsp3) is 0.333. The van der Waals surface area contributed by atoms with Crippen LogP contribution in [0.15, 0.2) is 44.2 Å². The molecule has 0 radical (unpaired) electrons. The molecule has 0 N–H and O–H groups in total. The molecule has 0 aromatic rings. The molecule has 27 heavy (non-hydrogen) atoms. The van der Waals surface area contributed by atoms with Gasteiger partial charge in [0.1, 0.15) is 0 Å². The van der Waals surface area contributed by atoms with E-state index in [0.29, 0.717) is 0 Å². The Morgan fingerprint density at radius 3 is 1.15 bits per heavy atom. The summed E-state index contributed by atoms with van der Waals surface area (Å²) < 4.78 is 121. The Bertz CT molecular complexity index is 765. The molecule has 0 aromatic carbocycles. The zero-order valence-corrected chi connectivity index (χ0v) is 16.1. The van der Waals surface area contributed by atoms with Crippen molar-refractivity contribution >= 4 is 20.2 Å². The van der Waals surface area contributed by atoms with Gasteiger partial charge in [-0.05, 0) is 0 Å². The predicted octanol–water partition coefficient (Wildman–Crippen LogP) is 2.86. The Kier molecular flexibility index (Phi) is 9.68. The summed E-state index contributed by atoms with van der Waals surface area (Å²) in [4.78, 5) is 0. The average molecular weight is 476 g/mol. The van der Waals surface area contributed by atoms with Crippen LogP contribution in [0, 0.1) is 0 Å². The van der Waals surface area contributed by atoms with Crippen LogP contribution in [0.4, 0.5) is 26.3 Å². The number of hydrogen-bond donors (Lipinski definition) is 0. The second-order valence-electron chi connectivity index (χ2n) is 4.57. The third-order valence-corrected chi connectivity index (χ3v) is 5.73. The summed E-state index contributed by atoms with van der Waals surface area (Å²) >= 11 is 0.0833. The Labute approximate surface area is 159 Å². The first kappa shape index (κ1) is 26.1. The van der Waals surface area contributed by atoms with E-state index >= 15 is 0 Å². The Morgan fingerprint density at radius 1 is 0.741 bits per heavy atom. The van der Waals surface area contributed by atoms with Crippen LogP contribution >= 0.6 is 0 Å². The van der Waals surface area contributed by atoms with Crippen molar-refractivity contribution in [2.45, 2.75) is 23.9 Å². The first-order chi connectivity index (χ1) is 11.9. The standard InChI is InChI=1S/2C5H5.2CHF3O3S.Ti/c2*1-2-4-5-3-1;2*2-1(3,4)8(5,6)7;/h2*1-3H,4H2;2*(H,5,6,7);/q;;;;+2/p-2. The van der Waals surface area contributed by atoms with E-state index in [2.05, 4.69) is 36.5 Å². The first-order valence-corrected chi connectivity index (χ1v) is 10.9. The molecule has 2 rings (SSSR count). The summed E-state index contributed by atoms with van der Waals surface area (Å²) in [5.41, 5.74) is -11.3. The normalized spacial score (nSPS) is 16.4. The van der Waals surface area contributed by atoms with E-state index in [9.17, 15) is 26.3 Å². The molecule has 0 bridgehead atoms. The van der Waals surface area contributed by atoms with E-state index < -0.39 is 31.3 Å². The monoisotopic (exact) mass is 476 g/mol. The molecule has 0 aromatic heterocycles. The second kappa shape index (κ2) is 10.0. The summed E-state index contributed by atoms with van der Waals surface area (Å²) in [5.74, 6) is 0. The van der Waals surface area contributed by atoms with Gasteiger partial charge in [-0.2, -0.15) is 26.3 Å². The maximum Gasteiger partial charge on any atom is 0.485 e. The summed E-state index contributed by atoms with van der Waals surface area (Å²) in [6.45, 7) is 0. The van der Waals surface area contributed by atoms with Gasteiger partial charge in [0.15, 0.2) is 20.2 Å². The van der Waals surface area contributed by atoms with Crippen molar-refractivity contribution in [2.24, 2.45) is 0 Å². The molecule has 0 fully saturated rings. The molecule has 0 atom stereocenters. The van der Waals surface area contributed by atoms with Crippen LogP contribution in [0.25, 0.3) is 0 Å². The third-order valence-electron chi connectivity index (χ3n) is 2.43. The number of allylic oxidation sites excluding steroid dienone is 8. The van der Waals surface area contributed by atoms with Crippen molar-refractivity contribution in [3.8, 4) is 0 Å². The van der Waals surface area contributed by atoms with E-state index in [1.54, 1.807) is 7.76 Å². The summed E-state index contributed by atoms with van der Waals surface area (Å²) in [5, 5.41) is 0. The van der Waals surface area contributed by atoms with Gasteiger partial charge in [0.2, 0.25) is 0 Å². The number of hydrogen-bond acceptors (Lipinski definition) is 6. The van der Waals surface area contributed by atoms with Crippen molar-refractivity contribution in [3.05, 3.63) is 44.2 Å². The van der Waals surface area contributed by atoms with Crippen molar-refractivity contribution in [1.82, 2.24) is 0 Å². The van der Waals surface area contributed by atoms with Gasteiger partial charge < -0.3 is 9.11 Å².